The molecule has 0 saturated carbocycles. The third-order valence-corrected chi connectivity index (χ3v) is 8.93. The summed E-state index contributed by atoms with van der Waals surface area (Å²) in [7, 11) is 0. The molecule has 2 unspecified atom stereocenters. The predicted octanol–water partition coefficient (Wildman–Crippen LogP) is 11.2. The second kappa shape index (κ2) is 12.7. The second-order valence-electron chi connectivity index (χ2n) is 12.0. The van der Waals surface area contributed by atoms with Crippen molar-refractivity contribution in [3.63, 3.8) is 0 Å². The van der Waals surface area contributed by atoms with Gasteiger partial charge in [-0.25, -0.2) is 0 Å². The van der Waals surface area contributed by atoms with Gasteiger partial charge < -0.3 is 9.80 Å². The molecular weight excluding hydrogens is 544 g/mol. The van der Waals surface area contributed by atoms with Gasteiger partial charge in [-0.05, 0) is 90.6 Å². The molecule has 2 aliphatic carbocycles. The Kier molecular flexibility index (Phi) is 8.04. The van der Waals surface area contributed by atoms with E-state index in [0.29, 0.717) is 0 Å². The monoisotopic (exact) mass is 582 g/mol. The molecule has 0 aromatic heterocycles. The van der Waals surface area contributed by atoms with Gasteiger partial charge in [0, 0.05) is 22.7 Å². The molecule has 2 aliphatic rings. The number of allylic oxidation sites excluding steroid dienone is 4. The lowest BCUT2D eigenvalue weighted by molar-refractivity contribution is 0.571. The average molecular weight is 583 g/mol. The van der Waals surface area contributed by atoms with E-state index in [9.17, 15) is 0 Å². The van der Waals surface area contributed by atoms with Crippen molar-refractivity contribution in [3.8, 4) is 0 Å². The maximum atomic E-state index is 2.45. The van der Waals surface area contributed by atoms with Crippen molar-refractivity contribution in [2.75, 3.05) is 9.80 Å². The Hall–Kier alpha value is -5.34. The molecule has 0 radical (unpaired) electrons. The van der Waals surface area contributed by atoms with Crippen LogP contribution in [-0.4, -0.2) is 11.6 Å². The van der Waals surface area contributed by atoms with Crippen molar-refractivity contribution in [2.24, 2.45) is 0 Å². The quantitative estimate of drug-likeness (QED) is 0.180. The Labute approximate surface area is 267 Å². The molecule has 0 bridgehead atoms. The number of para-hydroxylation sites is 4. The Bertz CT molecular complexity index is 1760. The summed E-state index contributed by atoms with van der Waals surface area (Å²) in [4.78, 5) is 4.88. The van der Waals surface area contributed by atoms with Gasteiger partial charge in [0.15, 0.2) is 0 Å². The van der Waals surface area contributed by atoms with E-state index in [1.54, 1.807) is 0 Å². The third-order valence-electron chi connectivity index (χ3n) is 8.93. The Morgan fingerprint density at radius 1 is 0.511 bits per heavy atom. The van der Waals surface area contributed by atoms with Crippen molar-refractivity contribution in [1.82, 2.24) is 0 Å². The number of anilines is 4. The van der Waals surface area contributed by atoms with Crippen LogP contribution in [0.2, 0.25) is 0 Å². The summed E-state index contributed by atoms with van der Waals surface area (Å²) < 4.78 is 0. The first-order chi connectivity index (χ1) is 22.2. The van der Waals surface area contributed by atoms with Crippen LogP contribution in [-0.2, 0) is 0 Å². The van der Waals surface area contributed by atoms with Crippen LogP contribution < -0.4 is 9.80 Å². The van der Waals surface area contributed by atoms with Crippen molar-refractivity contribution in [2.45, 2.75) is 31.3 Å². The maximum absolute atomic E-state index is 2.45. The molecule has 2 heteroatoms. The molecule has 0 spiro atoms. The third kappa shape index (κ3) is 6.05. The highest BCUT2D eigenvalue weighted by Gasteiger charge is 2.32. The normalized spacial score (nSPS) is 19.0. The van der Waals surface area contributed by atoms with Gasteiger partial charge in [0.2, 0.25) is 0 Å². The van der Waals surface area contributed by atoms with Gasteiger partial charge in [-0.3, -0.25) is 0 Å². The molecule has 0 N–H and O–H groups in total. The van der Waals surface area contributed by atoms with Gasteiger partial charge in [-0.2, -0.15) is 0 Å². The van der Waals surface area contributed by atoms with Crippen LogP contribution in [0.15, 0.2) is 182 Å². The minimum Gasteiger partial charge on any atom is -0.334 e. The molecule has 0 heterocycles. The van der Waals surface area contributed by atoms with Crippen molar-refractivity contribution in [3.05, 3.63) is 193 Å². The number of hydrogen-bond acceptors (Lipinski definition) is 2. The first kappa shape index (κ1) is 28.4. The van der Waals surface area contributed by atoms with E-state index in [4.69, 9.17) is 0 Å². The van der Waals surface area contributed by atoms with Crippen LogP contribution in [0.25, 0.3) is 11.1 Å². The number of nitrogens with zero attached hydrogens (tertiary/aromatic N) is 2. The zero-order valence-corrected chi connectivity index (χ0v) is 25.7. The zero-order valence-electron chi connectivity index (χ0n) is 25.7. The van der Waals surface area contributed by atoms with Crippen molar-refractivity contribution >= 4 is 33.9 Å². The summed E-state index contributed by atoms with van der Waals surface area (Å²) in [6.45, 7) is 2.33. The van der Waals surface area contributed by atoms with Gasteiger partial charge in [0.1, 0.15) is 0 Å². The molecule has 0 aliphatic heterocycles. The van der Waals surface area contributed by atoms with E-state index in [1.165, 1.54) is 45.0 Å². The highest BCUT2D eigenvalue weighted by Crippen LogP contribution is 2.40. The Balaban J connectivity index is 1.07. The highest BCUT2D eigenvalue weighted by molar-refractivity contribution is 5.81. The van der Waals surface area contributed by atoms with E-state index in [2.05, 4.69) is 199 Å². The first-order valence-electron chi connectivity index (χ1n) is 15.9. The van der Waals surface area contributed by atoms with Crippen LogP contribution in [0.1, 0.15) is 30.9 Å². The maximum Gasteiger partial charge on any atom is 0.0643 e. The van der Waals surface area contributed by atoms with Gasteiger partial charge >= 0.3 is 0 Å². The molecule has 0 saturated heterocycles. The summed E-state index contributed by atoms with van der Waals surface area (Å²) in [6.07, 6.45) is 15.9. The lowest BCUT2D eigenvalue weighted by Gasteiger charge is -2.42. The van der Waals surface area contributed by atoms with Gasteiger partial charge in [-0.1, -0.05) is 134 Å². The SMILES string of the molecule is CC1(N(c2ccccc2)c2ccccc2)C=CC(c2ccc(C3=CCC(N(c4ccccc4)c4ccccc4)C=C3)cc2)=CC1. The van der Waals surface area contributed by atoms with Gasteiger partial charge in [0.05, 0.1) is 11.6 Å². The van der Waals surface area contributed by atoms with Gasteiger partial charge in [0.25, 0.3) is 0 Å². The van der Waals surface area contributed by atoms with Gasteiger partial charge in [-0.15, -0.1) is 0 Å². The molecule has 0 fully saturated rings. The second-order valence-corrected chi connectivity index (χ2v) is 12.0. The number of rotatable bonds is 8. The minimum atomic E-state index is -0.173. The van der Waals surface area contributed by atoms with E-state index in [-0.39, 0.29) is 11.6 Å². The van der Waals surface area contributed by atoms with E-state index >= 15 is 0 Å². The Morgan fingerprint density at radius 2 is 0.956 bits per heavy atom. The van der Waals surface area contributed by atoms with Crippen molar-refractivity contribution in [1.29, 1.82) is 0 Å². The molecule has 5 aromatic rings. The predicted molar refractivity (Wildman–Crippen MR) is 192 cm³/mol. The fourth-order valence-corrected chi connectivity index (χ4v) is 6.57. The Morgan fingerprint density at radius 3 is 1.36 bits per heavy atom. The molecule has 45 heavy (non-hydrogen) atoms. The van der Waals surface area contributed by atoms with Crippen LogP contribution >= 0.6 is 0 Å². The van der Waals surface area contributed by atoms with E-state index < -0.39 is 0 Å². The number of benzene rings is 5. The summed E-state index contributed by atoms with van der Waals surface area (Å²) in [5.74, 6) is 0. The summed E-state index contributed by atoms with van der Waals surface area (Å²) in [5.41, 5.74) is 9.70. The summed E-state index contributed by atoms with van der Waals surface area (Å²) in [6, 6.07) is 52.1. The fraction of sp³-hybridized carbons (Fsp3) is 0.116. The molecule has 5 aromatic carbocycles. The molecule has 0 amide bonds. The highest BCUT2D eigenvalue weighted by atomic mass is 15.2. The molecule has 2 atom stereocenters. The summed E-state index contributed by atoms with van der Waals surface area (Å²) >= 11 is 0. The molecule has 2 nitrogen and oxygen atoms in total. The molecular formula is C43H38N2. The first-order valence-corrected chi connectivity index (χ1v) is 15.9. The number of hydrogen-bond donors (Lipinski definition) is 0. The van der Waals surface area contributed by atoms with E-state index in [1.807, 2.05) is 0 Å². The lowest BCUT2D eigenvalue weighted by atomic mass is 9.85. The van der Waals surface area contributed by atoms with Crippen LogP contribution in [0, 0.1) is 0 Å². The van der Waals surface area contributed by atoms with Crippen LogP contribution in [0.5, 0.6) is 0 Å². The average Bonchev–Trinajstić information content (AvgIpc) is 3.11. The fourth-order valence-electron chi connectivity index (χ4n) is 6.57. The molecule has 220 valence electrons. The standard InChI is InChI=1S/C43H38N2/c1-43(45(41-18-10-4-11-19-41)42-20-12-5-13-21-42)32-30-37(31-33-43)35-24-22-34(23-25-35)36-26-28-40(29-27-36)44(38-14-6-2-7-15-38)39-16-8-3-9-17-39/h2-28,30-32,40H,29,33H2,1H3. The van der Waals surface area contributed by atoms with E-state index in [0.717, 1.165) is 12.8 Å². The lowest BCUT2D eigenvalue weighted by Crippen LogP contribution is -2.42. The smallest absolute Gasteiger partial charge is 0.0643 e. The summed E-state index contributed by atoms with van der Waals surface area (Å²) in [5, 5.41) is 0. The largest absolute Gasteiger partial charge is 0.334 e. The van der Waals surface area contributed by atoms with Crippen molar-refractivity contribution < 1.29 is 0 Å². The zero-order chi connectivity index (χ0) is 30.5. The minimum absolute atomic E-state index is 0.173. The topological polar surface area (TPSA) is 6.48 Å². The van der Waals surface area contributed by atoms with Crippen LogP contribution in [0.4, 0.5) is 22.7 Å². The van der Waals surface area contributed by atoms with Crippen LogP contribution in [0.3, 0.4) is 0 Å². The molecule has 7 rings (SSSR count).